The summed E-state index contributed by atoms with van der Waals surface area (Å²) in [6.07, 6.45) is -6.96. The molecule has 0 atom stereocenters. The van der Waals surface area contributed by atoms with Crippen LogP contribution in [0.2, 0.25) is 0 Å². The van der Waals surface area contributed by atoms with Gasteiger partial charge < -0.3 is 14.5 Å². The van der Waals surface area contributed by atoms with Crippen LogP contribution in [0.4, 0.5) is 32.0 Å². The van der Waals surface area contributed by atoms with E-state index in [2.05, 4.69) is 19.8 Å². The highest BCUT2D eigenvalue weighted by molar-refractivity contribution is 5.66. The van der Waals surface area contributed by atoms with E-state index in [4.69, 9.17) is 16.0 Å². The van der Waals surface area contributed by atoms with E-state index in [1.165, 1.54) is 13.8 Å². The van der Waals surface area contributed by atoms with Crippen LogP contribution in [0.25, 0.3) is 4.85 Å². The van der Waals surface area contributed by atoms with Crippen LogP contribution < -0.4 is 20.6 Å². The van der Waals surface area contributed by atoms with Gasteiger partial charge in [0, 0.05) is 11.3 Å². The highest BCUT2D eigenvalue weighted by Gasteiger charge is 2.48. The zero-order chi connectivity index (χ0) is 27.7. The van der Waals surface area contributed by atoms with Crippen molar-refractivity contribution in [1.29, 1.82) is 0 Å². The summed E-state index contributed by atoms with van der Waals surface area (Å²) in [5.74, 6) is -7.49. The standard InChI is InChI=1S/C22H17F6N5O4/c1-9-12(19(34)32-10(2)31-9)7-33-8-30-17(22(27,28)21(25)26)16(20(33)35)37-14-6-11(18(23)24)5-13(29-3)15(14)36-4/h5-6,8,18,21H,7H2,1-2,4H3,(H,31,32,34). The number of hydrogen-bond acceptors (Lipinski definition) is 6. The average molecular weight is 529 g/mol. The van der Waals surface area contributed by atoms with E-state index >= 15 is 0 Å². The fourth-order valence-electron chi connectivity index (χ4n) is 3.33. The normalized spacial score (nSPS) is 11.6. The summed E-state index contributed by atoms with van der Waals surface area (Å²) >= 11 is 0. The van der Waals surface area contributed by atoms with E-state index in [9.17, 15) is 35.9 Å². The molecule has 0 aliphatic rings. The molecule has 9 nitrogen and oxygen atoms in total. The third-order valence-corrected chi connectivity index (χ3v) is 5.10. The molecule has 2 heterocycles. The van der Waals surface area contributed by atoms with Gasteiger partial charge in [-0.25, -0.2) is 32.4 Å². The van der Waals surface area contributed by atoms with Crippen molar-refractivity contribution < 1.29 is 35.8 Å². The van der Waals surface area contributed by atoms with Crippen LogP contribution in [0.1, 0.15) is 34.8 Å². The highest BCUT2D eigenvalue weighted by Crippen LogP contribution is 2.44. The highest BCUT2D eigenvalue weighted by atomic mass is 19.3. The Morgan fingerprint density at radius 3 is 2.38 bits per heavy atom. The second-order valence-electron chi connectivity index (χ2n) is 7.58. The number of ether oxygens (including phenoxy) is 2. The third kappa shape index (κ3) is 5.27. The lowest BCUT2D eigenvalue weighted by molar-refractivity contribution is -0.139. The van der Waals surface area contributed by atoms with Crippen LogP contribution in [-0.4, -0.2) is 33.1 Å². The summed E-state index contributed by atoms with van der Waals surface area (Å²) in [6.45, 7) is 9.54. The van der Waals surface area contributed by atoms with Gasteiger partial charge >= 0.3 is 12.3 Å². The molecular weight excluding hydrogens is 512 g/mol. The second-order valence-corrected chi connectivity index (χ2v) is 7.58. The molecule has 2 aromatic heterocycles. The minimum Gasteiger partial charge on any atom is -0.504 e. The molecule has 3 rings (SSSR count). The lowest BCUT2D eigenvalue weighted by Crippen LogP contribution is -2.33. The van der Waals surface area contributed by atoms with E-state index in [-0.39, 0.29) is 17.1 Å². The van der Waals surface area contributed by atoms with Crippen LogP contribution in [-0.2, 0) is 12.5 Å². The van der Waals surface area contributed by atoms with Gasteiger partial charge in [0.2, 0.25) is 11.4 Å². The van der Waals surface area contributed by atoms with Crippen molar-refractivity contribution in [3.63, 3.8) is 0 Å². The number of aryl methyl sites for hydroxylation is 2. The van der Waals surface area contributed by atoms with E-state index in [0.29, 0.717) is 17.0 Å². The predicted octanol–water partition coefficient (Wildman–Crippen LogP) is 4.64. The monoisotopic (exact) mass is 529 g/mol. The Morgan fingerprint density at radius 2 is 1.84 bits per heavy atom. The van der Waals surface area contributed by atoms with Crippen molar-refractivity contribution in [3.8, 4) is 17.2 Å². The number of methoxy groups -OCH3 is 1. The fraction of sp³-hybridized carbons (Fsp3) is 0.318. The number of alkyl halides is 6. The van der Waals surface area contributed by atoms with Crippen molar-refractivity contribution in [2.75, 3.05) is 7.11 Å². The largest absolute Gasteiger partial charge is 0.504 e. The van der Waals surface area contributed by atoms with Gasteiger partial charge in [0.15, 0.2) is 17.2 Å². The van der Waals surface area contributed by atoms with Gasteiger partial charge in [0.25, 0.3) is 17.5 Å². The zero-order valence-corrected chi connectivity index (χ0v) is 19.3. The number of H-pyrrole nitrogens is 1. The molecule has 0 fully saturated rings. The summed E-state index contributed by atoms with van der Waals surface area (Å²) in [6, 6.07) is 1.36. The van der Waals surface area contributed by atoms with Gasteiger partial charge in [0.05, 0.1) is 32.1 Å². The minimum atomic E-state index is -5.00. The lowest BCUT2D eigenvalue weighted by Gasteiger charge is -2.20. The Bertz CT molecular complexity index is 1500. The third-order valence-electron chi connectivity index (χ3n) is 5.10. The van der Waals surface area contributed by atoms with E-state index in [0.717, 1.165) is 13.2 Å². The Morgan fingerprint density at radius 1 is 1.16 bits per heavy atom. The number of rotatable bonds is 8. The molecule has 1 aromatic carbocycles. The quantitative estimate of drug-likeness (QED) is 0.337. The maximum atomic E-state index is 14.4. The molecule has 0 amide bonds. The minimum absolute atomic E-state index is 0.0682. The summed E-state index contributed by atoms with van der Waals surface area (Å²) in [4.78, 5) is 38.2. The molecule has 0 aliphatic heterocycles. The van der Waals surface area contributed by atoms with Gasteiger partial charge in [-0.05, 0) is 26.0 Å². The molecule has 1 N–H and O–H groups in total. The predicted molar refractivity (Wildman–Crippen MR) is 116 cm³/mol. The molecule has 0 aliphatic carbocycles. The van der Waals surface area contributed by atoms with Gasteiger partial charge in [-0.2, -0.15) is 8.78 Å². The first-order valence-electron chi connectivity index (χ1n) is 10.2. The molecule has 196 valence electrons. The molecule has 15 heteroatoms. The summed E-state index contributed by atoms with van der Waals surface area (Å²) in [5, 5.41) is 0. The molecule has 0 unspecified atom stereocenters. The molecular formula is C22H17F6N5O4. The lowest BCUT2D eigenvalue weighted by atomic mass is 10.1. The molecule has 0 radical (unpaired) electrons. The number of hydrogen-bond donors (Lipinski definition) is 1. The molecule has 37 heavy (non-hydrogen) atoms. The van der Waals surface area contributed by atoms with E-state index in [1.807, 2.05) is 0 Å². The van der Waals surface area contributed by atoms with E-state index in [1.54, 1.807) is 0 Å². The van der Waals surface area contributed by atoms with Crippen molar-refractivity contribution in [1.82, 2.24) is 19.5 Å². The van der Waals surface area contributed by atoms with Crippen molar-refractivity contribution in [2.24, 2.45) is 0 Å². The first-order valence-corrected chi connectivity index (χ1v) is 10.2. The van der Waals surface area contributed by atoms with Gasteiger partial charge in [-0.3, -0.25) is 14.2 Å². The van der Waals surface area contributed by atoms with Gasteiger partial charge in [0.1, 0.15) is 5.82 Å². The number of benzene rings is 1. The Kier molecular flexibility index (Phi) is 7.61. The van der Waals surface area contributed by atoms with Crippen molar-refractivity contribution in [2.45, 2.75) is 39.2 Å². The number of aromatic nitrogens is 4. The molecule has 0 saturated heterocycles. The van der Waals surface area contributed by atoms with Crippen LogP contribution in [0, 0.1) is 20.4 Å². The van der Waals surface area contributed by atoms with Gasteiger partial charge in [-0.1, -0.05) is 0 Å². The first kappa shape index (κ1) is 27.2. The summed E-state index contributed by atoms with van der Waals surface area (Å²) < 4.78 is 92.7. The van der Waals surface area contributed by atoms with Crippen LogP contribution in [0.5, 0.6) is 17.2 Å². The second kappa shape index (κ2) is 10.3. The topological polar surface area (TPSA) is 103 Å². The van der Waals surface area contributed by atoms with E-state index < -0.39 is 70.6 Å². The Hall–Kier alpha value is -4.35. The zero-order valence-electron chi connectivity index (χ0n) is 19.3. The van der Waals surface area contributed by atoms with Crippen LogP contribution >= 0.6 is 0 Å². The Balaban J connectivity index is 2.27. The average Bonchev–Trinajstić information content (AvgIpc) is 2.82. The summed E-state index contributed by atoms with van der Waals surface area (Å²) in [5.41, 5.74) is -5.08. The number of aromatic amines is 1. The van der Waals surface area contributed by atoms with Crippen LogP contribution in [0.3, 0.4) is 0 Å². The fourth-order valence-corrected chi connectivity index (χ4v) is 3.33. The van der Waals surface area contributed by atoms with Crippen molar-refractivity contribution >= 4 is 5.69 Å². The molecule has 0 saturated carbocycles. The maximum Gasteiger partial charge on any atom is 0.352 e. The maximum absolute atomic E-state index is 14.4. The molecule has 0 bridgehead atoms. The first-order chi connectivity index (χ1) is 17.3. The number of nitrogens with zero attached hydrogens (tertiary/aromatic N) is 4. The SMILES string of the molecule is [C-]#[N+]c1cc(C(F)F)cc(Oc2c(C(F)(F)C(F)F)ncn(Cc3c(C)nc(C)[nH]c3=O)c2=O)c1OC. The van der Waals surface area contributed by atoms with Gasteiger partial charge in [-0.15, -0.1) is 0 Å². The number of halogens is 6. The van der Waals surface area contributed by atoms with Crippen LogP contribution in [0.15, 0.2) is 28.0 Å². The summed E-state index contributed by atoms with van der Waals surface area (Å²) in [7, 11) is 1.01. The molecule has 0 spiro atoms. The number of nitrogens with one attached hydrogen (secondary N) is 1. The van der Waals surface area contributed by atoms with Crippen molar-refractivity contribution in [3.05, 3.63) is 78.9 Å². The smallest absolute Gasteiger partial charge is 0.352 e. The Labute approximate surface area is 204 Å². The molecule has 3 aromatic rings.